The van der Waals surface area contributed by atoms with E-state index in [1.165, 1.54) is 12.1 Å². The maximum Gasteiger partial charge on any atom is 0.319 e. The molecule has 7 heteroatoms. The van der Waals surface area contributed by atoms with Gasteiger partial charge in [0, 0.05) is 24.9 Å². The molecule has 3 aromatic rings. The summed E-state index contributed by atoms with van der Waals surface area (Å²) in [7, 11) is 0. The Bertz CT molecular complexity index is 1180. The van der Waals surface area contributed by atoms with Crippen LogP contribution in [0.1, 0.15) is 32.9 Å². The highest BCUT2D eigenvalue weighted by Crippen LogP contribution is 2.30. The zero-order valence-electron chi connectivity index (χ0n) is 18.4. The number of imidazole rings is 1. The molecule has 1 aliphatic rings. The van der Waals surface area contributed by atoms with Crippen LogP contribution < -0.4 is 10.6 Å². The molecule has 1 aliphatic carbocycles. The normalized spacial score (nSPS) is 16.1. The molecule has 0 saturated carbocycles. The minimum atomic E-state index is -0.259. The average Bonchev–Trinajstić information content (AvgIpc) is 3.17. The van der Waals surface area contributed by atoms with Gasteiger partial charge in [0.25, 0.3) is 0 Å². The molecule has 4 rings (SSSR count). The van der Waals surface area contributed by atoms with Gasteiger partial charge in [0.2, 0.25) is 0 Å². The number of halogens is 1. The summed E-state index contributed by atoms with van der Waals surface area (Å²) < 4.78 is 21.3. The summed E-state index contributed by atoms with van der Waals surface area (Å²) in [5.41, 5.74) is 5.33. The first-order valence-electron chi connectivity index (χ1n) is 10.8. The highest BCUT2D eigenvalue weighted by molar-refractivity contribution is 5.79. The summed E-state index contributed by atoms with van der Waals surface area (Å²) in [6.45, 7) is 6.41. The number of urea groups is 1. The largest absolute Gasteiger partial charge is 0.371 e. The van der Waals surface area contributed by atoms with Crippen LogP contribution in [-0.2, 0) is 4.74 Å². The molecule has 0 aliphatic heterocycles. The maximum atomic E-state index is 13.3. The fraction of sp³-hybridized carbons (Fsp3) is 0.280. The number of hydrogen-bond acceptors (Lipinski definition) is 3. The van der Waals surface area contributed by atoms with E-state index in [2.05, 4.69) is 15.6 Å². The SMILES string of the molecule is CCNC(=O)NC1=CC(OC(C)C)CC(c2cnc3cc(-c4ccc(F)cc4)ccn23)=C1. The number of allylic oxidation sites excluding steroid dienone is 1. The minimum absolute atomic E-state index is 0.0572. The van der Waals surface area contributed by atoms with E-state index >= 15 is 0 Å². The van der Waals surface area contributed by atoms with E-state index in [4.69, 9.17) is 4.74 Å². The van der Waals surface area contributed by atoms with Gasteiger partial charge in [-0.2, -0.15) is 0 Å². The molecule has 0 fully saturated rings. The molecule has 6 nitrogen and oxygen atoms in total. The van der Waals surface area contributed by atoms with Crippen molar-refractivity contribution in [3.63, 3.8) is 0 Å². The Morgan fingerprint density at radius 1 is 1.25 bits per heavy atom. The summed E-state index contributed by atoms with van der Waals surface area (Å²) in [6, 6.07) is 10.1. The highest BCUT2D eigenvalue weighted by atomic mass is 19.1. The lowest BCUT2D eigenvalue weighted by atomic mass is 9.98. The van der Waals surface area contributed by atoms with Gasteiger partial charge in [-0.1, -0.05) is 12.1 Å². The molecule has 1 atom stereocenters. The zero-order chi connectivity index (χ0) is 22.7. The number of nitrogens with zero attached hydrogens (tertiary/aromatic N) is 2. The van der Waals surface area contributed by atoms with Gasteiger partial charge in [-0.15, -0.1) is 0 Å². The van der Waals surface area contributed by atoms with Gasteiger partial charge in [-0.3, -0.25) is 4.40 Å². The summed E-state index contributed by atoms with van der Waals surface area (Å²) in [4.78, 5) is 16.7. The molecule has 2 N–H and O–H groups in total. The van der Waals surface area contributed by atoms with Crippen LogP contribution in [0.2, 0.25) is 0 Å². The molecule has 2 heterocycles. The third-order valence-electron chi connectivity index (χ3n) is 5.18. The Morgan fingerprint density at radius 3 is 2.75 bits per heavy atom. The van der Waals surface area contributed by atoms with Gasteiger partial charge < -0.3 is 15.4 Å². The highest BCUT2D eigenvalue weighted by Gasteiger charge is 2.21. The standard InChI is InChI=1S/C25H27FN4O2/c1-4-27-25(31)29-21-11-19(12-22(14-21)32-16(2)3)23-15-28-24-13-18(9-10-30(23)24)17-5-7-20(26)8-6-17/h5-11,13-16,22H,4,12H2,1-3H3,(H2,27,29,31). The van der Waals surface area contributed by atoms with Crippen molar-refractivity contribution in [2.45, 2.75) is 39.4 Å². The number of carbonyl (C=O) groups is 1. The number of benzene rings is 1. The van der Waals surface area contributed by atoms with Gasteiger partial charge in [-0.05, 0) is 73.9 Å². The van der Waals surface area contributed by atoms with Gasteiger partial charge in [0.05, 0.1) is 24.1 Å². The number of hydrogen-bond donors (Lipinski definition) is 2. The molecule has 0 spiro atoms. The molecule has 32 heavy (non-hydrogen) atoms. The molecule has 2 amide bonds. The van der Waals surface area contributed by atoms with Crippen molar-refractivity contribution in [2.75, 3.05) is 6.54 Å². The van der Waals surface area contributed by atoms with Crippen molar-refractivity contribution in [2.24, 2.45) is 0 Å². The number of carbonyl (C=O) groups excluding carboxylic acids is 1. The molecule has 2 aromatic heterocycles. The van der Waals surface area contributed by atoms with Gasteiger partial charge in [0.1, 0.15) is 11.5 Å². The van der Waals surface area contributed by atoms with E-state index in [9.17, 15) is 9.18 Å². The minimum Gasteiger partial charge on any atom is -0.371 e. The summed E-state index contributed by atoms with van der Waals surface area (Å²) in [5.74, 6) is -0.259. The van der Waals surface area contributed by atoms with Crippen molar-refractivity contribution >= 4 is 17.3 Å². The van der Waals surface area contributed by atoms with Crippen LogP contribution in [0.4, 0.5) is 9.18 Å². The predicted octanol–water partition coefficient (Wildman–Crippen LogP) is 4.92. The maximum absolute atomic E-state index is 13.3. The summed E-state index contributed by atoms with van der Waals surface area (Å²) >= 11 is 0. The number of ether oxygens (including phenoxy) is 1. The Hall–Kier alpha value is -3.45. The van der Waals surface area contributed by atoms with Gasteiger partial charge in [0.15, 0.2) is 0 Å². The average molecular weight is 435 g/mol. The second-order valence-corrected chi connectivity index (χ2v) is 8.00. The summed E-state index contributed by atoms with van der Waals surface area (Å²) in [6.07, 6.45) is 8.27. The zero-order valence-corrected chi connectivity index (χ0v) is 18.4. The Kier molecular flexibility index (Phi) is 6.37. The van der Waals surface area contributed by atoms with Crippen molar-refractivity contribution in [1.82, 2.24) is 20.0 Å². The van der Waals surface area contributed by atoms with Crippen molar-refractivity contribution in [3.05, 3.63) is 78.2 Å². The van der Waals surface area contributed by atoms with Crippen LogP contribution in [-0.4, -0.2) is 34.2 Å². The Morgan fingerprint density at radius 2 is 2.03 bits per heavy atom. The Labute approximate surface area is 186 Å². The quantitative estimate of drug-likeness (QED) is 0.578. The molecule has 0 radical (unpaired) electrons. The predicted molar refractivity (Wildman–Crippen MR) is 123 cm³/mol. The van der Waals surface area contributed by atoms with Crippen LogP contribution in [0.5, 0.6) is 0 Å². The molecule has 166 valence electrons. The fourth-order valence-corrected chi connectivity index (χ4v) is 3.84. The van der Waals surface area contributed by atoms with Crippen LogP contribution in [0.15, 0.2) is 66.6 Å². The fourth-order valence-electron chi connectivity index (χ4n) is 3.84. The van der Waals surface area contributed by atoms with Gasteiger partial charge in [-0.25, -0.2) is 14.2 Å². The molecular weight excluding hydrogens is 407 g/mol. The molecular formula is C25H27FN4O2. The number of rotatable bonds is 6. The molecule has 0 saturated heterocycles. The number of fused-ring (bicyclic) bond motifs is 1. The lowest BCUT2D eigenvalue weighted by molar-refractivity contribution is 0.0375. The van der Waals surface area contributed by atoms with Gasteiger partial charge >= 0.3 is 6.03 Å². The first-order chi connectivity index (χ1) is 15.4. The third kappa shape index (κ3) is 4.89. The van der Waals surface area contributed by atoms with E-state index in [0.717, 1.165) is 28.0 Å². The van der Waals surface area contributed by atoms with Crippen molar-refractivity contribution in [3.8, 4) is 11.1 Å². The van der Waals surface area contributed by atoms with Crippen LogP contribution in [0.25, 0.3) is 22.3 Å². The van der Waals surface area contributed by atoms with E-state index < -0.39 is 0 Å². The van der Waals surface area contributed by atoms with Crippen LogP contribution in [0, 0.1) is 5.82 Å². The number of pyridine rings is 1. The van der Waals surface area contributed by atoms with Crippen LogP contribution >= 0.6 is 0 Å². The lowest BCUT2D eigenvalue weighted by Crippen LogP contribution is -2.35. The van der Waals surface area contributed by atoms with Crippen molar-refractivity contribution < 1.29 is 13.9 Å². The second kappa shape index (κ2) is 9.36. The molecule has 1 aromatic carbocycles. The summed E-state index contributed by atoms with van der Waals surface area (Å²) in [5, 5.41) is 5.64. The van der Waals surface area contributed by atoms with Crippen molar-refractivity contribution in [1.29, 1.82) is 0 Å². The number of nitrogens with one attached hydrogen (secondary N) is 2. The van der Waals surface area contributed by atoms with E-state index in [-0.39, 0.29) is 24.1 Å². The Balaban J connectivity index is 1.66. The second-order valence-electron chi connectivity index (χ2n) is 8.00. The number of aromatic nitrogens is 2. The lowest BCUT2D eigenvalue weighted by Gasteiger charge is -2.24. The smallest absolute Gasteiger partial charge is 0.319 e. The van der Waals surface area contributed by atoms with E-state index in [1.54, 1.807) is 12.1 Å². The van der Waals surface area contributed by atoms with E-state index in [0.29, 0.717) is 18.7 Å². The topological polar surface area (TPSA) is 67.7 Å². The van der Waals surface area contributed by atoms with Crippen LogP contribution in [0.3, 0.4) is 0 Å². The molecule has 1 unspecified atom stereocenters. The number of amides is 2. The first kappa shape index (κ1) is 21.8. The van der Waals surface area contributed by atoms with E-state index in [1.807, 2.05) is 61.9 Å². The first-order valence-corrected chi connectivity index (χ1v) is 10.8. The monoisotopic (exact) mass is 434 g/mol. The third-order valence-corrected chi connectivity index (χ3v) is 5.18. The molecule has 0 bridgehead atoms.